The van der Waals surface area contributed by atoms with Gasteiger partial charge in [0.05, 0.1) is 0 Å². The summed E-state index contributed by atoms with van der Waals surface area (Å²) >= 11 is 1.16. The van der Waals surface area contributed by atoms with Crippen molar-refractivity contribution in [3.63, 3.8) is 0 Å². The fraction of sp³-hybridized carbons (Fsp3) is 0.400. The van der Waals surface area contributed by atoms with Crippen LogP contribution in [0.3, 0.4) is 0 Å². The molecule has 1 rings (SSSR count). The molecule has 0 amide bonds. The van der Waals surface area contributed by atoms with Crippen LogP contribution in [-0.2, 0) is 0 Å². The summed E-state index contributed by atoms with van der Waals surface area (Å²) in [5.41, 5.74) is 0.225. The first-order valence-electron chi connectivity index (χ1n) is 4.24. The van der Waals surface area contributed by atoms with E-state index in [0.717, 1.165) is 11.8 Å². The summed E-state index contributed by atoms with van der Waals surface area (Å²) in [6.45, 7) is 1.46. The number of thioether (sulfide) groups is 1. The van der Waals surface area contributed by atoms with Crippen molar-refractivity contribution in [2.24, 2.45) is 0 Å². The van der Waals surface area contributed by atoms with Crippen LogP contribution in [0.2, 0.25) is 0 Å². The molecular formula is C10H12F2OS. The van der Waals surface area contributed by atoms with Crippen molar-refractivity contribution < 1.29 is 13.9 Å². The van der Waals surface area contributed by atoms with Crippen LogP contribution in [0.4, 0.5) is 8.78 Å². The lowest BCUT2D eigenvalue weighted by atomic mass is 10.0. The second-order valence-electron chi connectivity index (χ2n) is 3.07. The minimum absolute atomic E-state index is 0.186. The molecule has 0 saturated heterocycles. The van der Waals surface area contributed by atoms with Crippen LogP contribution in [0.1, 0.15) is 18.4 Å². The molecule has 0 aliphatic heterocycles. The van der Waals surface area contributed by atoms with Crippen LogP contribution in [0.5, 0.6) is 0 Å². The zero-order valence-electron chi connectivity index (χ0n) is 8.05. The Morgan fingerprint density at radius 2 is 2.00 bits per heavy atom. The van der Waals surface area contributed by atoms with Crippen LogP contribution in [0.25, 0.3) is 0 Å². The molecule has 0 heterocycles. The number of aliphatic hydroxyl groups excluding tert-OH is 1. The van der Waals surface area contributed by atoms with E-state index in [-0.39, 0.29) is 23.0 Å². The van der Waals surface area contributed by atoms with Crippen molar-refractivity contribution in [2.75, 3.05) is 12.9 Å². The molecule has 1 unspecified atom stereocenters. The molecule has 0 fully saturated rings. The third-order valence-electron chi connectivity index (χ3n) is 2.10. The smallest absolute Gasteiger partial charge is 0.172 e. The van der Waals surface area contributed by atoms with Gasteiger partial charge in [0, 0.05) is 17.4 Å². The van der Waals surface area contributed by atoms with Crippen LogP contribution < -0.4 is 0 Å². The van der Waals surface area contributed by atoms with Gasteiger partial charge in [-0.25, -0.2) is 8.78 Å². The predicted molar refractivity (Wildman–Crippen MR) is 53.6 cm³/mol. The van der Waals surface area contributed by atoms with Crippen molar-refractivity contribution in [2.45, 2.75) is 17.7 Å². The third kappa shape index (κ3) is 2.07. The maximum Gasteiger partial charge on any atom is 0.172 e. The molecule has 1 aromatic rings. The molecule has 0 spiro atoms. The highest BCUT2D eigenvalue weighted by Gasteiger charge is 2.16. The normalized spacial score (nSPS) is 12.9. The van der Waals surface area contributed by atoms with E-state index in [4.69, 9.17) is 5.11 Å². The molecule has 14 heavy (non-hydrogen) atoms. The molecule has 4 heteroatoms. The average Bonchev–Trinajstić information content (AvgIpc) is 2.21. The van der Waals surface area contributed by atoms with E-state index in [1.807, 2.05) is 0 Å². The summed E-state index contributed by atoms with van der Waals surface area (Å²) in [7, 11) is 0. The number of halogens is 2. The molecule has 78 valence electrons. The Bertz CT molecular complexity index is 328. The Kier molecular flexibility index (Phi) is 3.89. The van der Waals surface area contributed by atoms with Gasteiger partial charge in [0.15, 0.2) is 11.6 Å². The maximum absolute atomic E-state index is 13.4. The highest BCUT2D eigenvalue weighted by Crippen LogP contribution is 2.27. The van der Waals surface area contributed by atoms with Gasteiger partial charge in [-0.05, 0) is 17.9 Å². The predicted octanol–water partition coefficient (Wildman–Crippen LogP) is 2.78. The van der Waals surface area contributed by atoms with Crippen LogP contribution in [0.15, 0.2) is 17.0 Å². The second kappa shape index (κ2) is 4.75. The van der Waals surface area contributed by atoms with E-state index < -0.39 is 11.6 Å². The number of benzene rings is 1. The molecule has 1 N–H and O–H groups in total. The Hall–Kier alpha value is -0.610. The fourth-order valence-electron chi connectivity index (χ4n) is 1.18. The number of hydrogen-bond acceptors (Lipinski definition) is 2. The molecule has 0 radical (unpaired) electrons. The van der Waals surface area contributed by atoms with Gasteiger partial charge in [0.25, 0.3) is 0 Å². The fourth-order valence-corrected chi connectivity index (χ4v) is 1.66. The summed E-state index contributed by atoms with van der Waals surface area (Å²) < 4.78 is 26.7. The van der Waals surface area contributed by atoms with Crippen LogP contribution in [-0.4, -0.2) is 18.0 Å². The number of hydrogen-bond donors (Lipinski definition) is 1. The molecule has 0 saturated carbocycles. The molecule has 0 aromatic heterocycles. The van der Waals surface area contributed by atoms with E-state index in [2.05, 4.69) is 0 Å². The van der Waals surface area contributed by atoms with E-state index in [1.165, 1.54) is 12.1 Å². The van der Waals surface area contributed by atoms with Gasteiger partial charge in [-0.1, -0.05) is 13.0 Å². The van der Waals surface area contributed by atoms with Crippen molar-refractivity contribution in [1.29, 1.82) is 0 Å². The van der Waals surface area contributed by atoms with Gasteiger partial charge in [0.1, 0.15) is 0 Å². The largest absolute Gasteiger partial charge is 0.396 e. The van der Waals surface area contributed by atoms with Gasteiger partial charge in [-0.2, -0.15) is 0 Å². The minimum Gasteiger partial charge on any atom is -0.396 e. The van der Waals surface area contributed by atoms with Gasteiger partial charge in [-0.15, -0.1) is 11.8 Å². The maximum atomic E-state index is 13.4. The van der Waals surface area contributed by atoms with Gasteiger partial charge < -0.3 is 5.11 Å². The van der Waals surface area contributed by atoms with Gasteiger partial charge >= 0.3 is 0 Å². The topological polar surface area (TPSA) is 20.2 Å². The summed E-state index contributed by atoms with van der Waals surface area (Å²) in [6, 6.07) is 3.05. The second-order valence-corrected chi connectivity index (χ2v) is 3.92. The zero-order chi connectivity index (χ0) is 10.7. The summed E-state index contributed by atoms with van der Waals surface area (Å²) in [4.78, 5) is 0.288. The summed E-state index contributed by atoms with van der Waals surface area (Å²) in [5.74, 6) is -2.05. The number of rotatable bonds is 3. The van der Waals surface area contributed by atoms with E-state index in [9.17, 15) is 8.78 Å². The summed E-state index contributed by atoms with van der Waals surface area (Å²) in [5, 5.41) is 8.84. The van der Waals surface area contributed by atoms with Crippen molar-refractivity contribution in [1.82, 2.24) is 0 Å². The molecule has 0 aliphatic carbocycles. The van der Waals surface area contributed by atoms with E-state index in [0.29, 0.717) is 0 Å². The van der Waals surface area contributed by atoms with E-state index >= 15 is 0 Å². The average molecular weight is 218 g/mol. The first-order chi connectivity index (χ1) is 6.61. The first-order valence-corrected chi connectivity index (χ1v) is 5.47. The standard InChI is InChI=1S/C10H12F2OS/c1-6(5-13)7-3-4-8(14-2)10(12)9(7)11/h3-4,6,13H,5H2,1-2H3. The van der Waals surface area contributed by atoms with E-state index in [1.54, 1.807) is 13.2 Å². The Labute approximate surface area is 86.1 Å². The minimum atomic E-state index is -0.849. The zero-order valence-corrected chi connectivity index (χ0v) is 8.87. The van der Waals surface area contributed by atoms with Crippen LogP contribution >= 0.6 is 11.8 Å². The Morgan fingerprint density at radius 3 is 2.50 bits per heavy atom. The third-order valence-corrected chi connectivity index (χ3v) is 2.86. The molecule has 1 aromatic carbocycles. The number of aliphatic hydroxyl groups is 1. The van der Waals surface area contributed by atoms with Crippen molar-refractivity contribution in [3.8, 4) is 0 Å². The van der Waals surface area contributed by atoms with Crippen LogP contribution in [0, 0.1) is 11.6 Å². The Morgan fingerprint density at radius 1 is 1.36 bits per heavy atom. The summed E-state index contributed by atoms with van der Waals surface area (Å²) in [6.07, 6.45) is 1.69. The monoisotopic (exact) mass is 218 g/mol. The Balaban J connectivity index is 3.17. The van der Waals surface area contributed by atoms with Crippen molar-refractivity contribution >= 4 is 11.8 Å². The lowest BCUT2D eigenvalue weighted by Crippen LogP contribution is -2.04. The highest BCUT2D eigenvalue weighted by molar-refractivity contribution is 7.98. The molecule has 0 bridgehead atoms. The van der Waals surface area contributed by atoms with Crippen molar-refractivity contribution in [3.05, 3.63) is 29.3 Å². The molecule has 1 nitrogen and oxygen atoms in total. The molecular weight excluding hydrogens is 206 g/mol. The SMILES string of the molecule is CSc1ccc(C(C)CO)c(F)c1F. The lowest BCUT2D eigenvalue weighted by Gasteiger charge is -2.11. The first kappa shape index (κ1) is 11.5. The quantitative estimate of drug-likeness (QED) is 0.787. The van der Waals surface area contributed by atoms with Gasteiger partial charge in [0.2, 0.25) is 0 Å². The highest BCUT2D eigenvalue weighted by atomic mass is 32.2. The lowest BCUT2D eigenvalue weighted by molar-refractivity contribution is 0.269. The molecule has 0 aliphatic rings. The molecule has 1 atom stereocenters. The van der Waals surface area contributed by atoms with Gasteiger partial charge in [-0.3, -0.25) is 0 Å².